The van der Waals surface area contributed by atoms with Crippen molar-refractivity contribution in [1.29, 1.82) is 0 Å². The van der Waals surface area contributed by atoms with Crippen LogP contribution in [0.1, 0.15) is 12.0 Å². The Bertz CT molecular complexity index is 494. The molecule has 84 valence electrons. The lowest BCUT2D eigenvalue weighted by Crippen LogP contribution is -2.01. The molecule has 0 bridgehead atoms. The summed E-state index contributed by atoms with van der Waals surface area (Å²) in [6.45, 7) is 0. The average molecular weight is 388 g/mol. The summed E-state index contributed by atoms with van der Waals surface area (Å²) in [5.74, 6) is 0. The van der Waals surface area contributed by atoms with Gasteiger partial charge in [-0.25, -0.2) is 22.2 Å². The highest BCUT2D eigenvalue weighted by atomic mass is 127. The molecule has 15 heavy (non-hydrogen) atoms. The zero-order valence-corrected chi connectivity index (χ0v) is 11.2. The molecular weight excluding hydrogens is 386 g/mol. The lowest BCUT2D eigenvalue weighted by Gasteiger charge is -2.05. The number of pyridine rings is 1. The molecule has 0 aliphatic rings. The lowest BCUT2D eigenvalue weighted by atomic mass is 10.3. The molecule has 0 aliphatic heterocycles. The predicted molar refractivity (Wildman–Crippen MR) is 60.0 cm³/mol. The standard InChI is InChI=1S/C6H2Cl2F2INO2S/c7-4-2(5(9)10)1-3(6(11)12-4)15(8,13)14/h1,5H. The fraction of sp³-hybridized carbons (Fsp3) is 0.167. The van der Waals surface area contributed by atoms with Crippen molar-refractivity contribution in [2.24, 2.45) is 0 Å². The maximum absolute atomic E-state index is 12.4. The van der Waals surface area contributed by atoms with Gasteiger partial charge in [0.25, 0.3) is 15.5 Å². The Morgan fingerprint density at radius 3 is 2.40 bits per heavy atom. The molecular formula is C6H2Cl2F2INO2S. The van der Waals surface area contributed by atoms with Crippen LogP contribution < -0.4 is 0 Å². The van der Waals surface area contributed by atoms with Crippen molar-refractivity contribution in [2.45, 2.75) is 11.3 Å². The predicted octanol–water partition coefficient (Wildman–Crippen LogP) is 3.20. The van der Waals surface area contributed by atoms with Crippen molar-refractivity contribution >= 4 is 53.9 Å². The van der Waals surface area contributed by atoms with Crippen LogP contribution in [-0.2, 0) is 9.05 Å². The minimum absolute atomic E-state index is 0.0444. The number of halogens is 5. The van der Waals surface area contributed by atoms with Crippen molar-refractivity contribution in [3.8, 4) is 0 Å². The van der Waals surface area contributed by atoms with Gasteiger partial charge in [0.05, 0.1) is 5.56 Å². The first-order chi connectivity index (χ1) is 6.73. The van der Waals surface area contributed by atoms with E-state index in [-0.39, 0.29) is 3.70 Å². The Morgan fingerprint density at radius 1 is 1.47 bits per heavy atom. The van der Waals surface area contributed by atoms with E-state index in [1.807, 2.05) is 0 Å². The Hall–Kier alpha value is 0.270. The molecule has 0 spiro atoms. The number of hydrogen-bond acceptors (Lipinski definition) is 3. The molecule has 0 aliphatic carbocycles. The number of hydrogen-bond donors (Lipinski definition) is 0. The van der Waals surface area contributed by atoms with Gasteiger partial charge in [-0.05, 0) is 28.7 Å². The second-order valence-electron chi connectivity index (χ2n) is 2.40. The first-order valence-corrected chi connectivity index (χ1v) is 7.09. The van der Waals surface area contributed by atoms with E-state index in [0.29, 0.717) is 0 Å². The Morgan fingerprint density at radius 2 is 2.00 bits per heavy atom. The van der Waals surface area contributed by atoms with Crippen LogP contribution in [0.25, 0.3) is 0 Å². The van der Waals surface area contributed by atoms with E-state index in [1.165, 1.54) is 0 Å². The molecule has 1 aromatic heterocycles. The van der Waals surface area contributed by atoms with Gasteiger partial charge in [0.15, 0.2) is 0 Å². The summed E-state index contributed by atoms with van der Waals surface area (Å²) in [4.78, 5) is 3.00. The molecule has 0 atom stereocenters. The molecule has 3 nitrogen and oxygen atoms in total. The van der Waals surface area contributed by atoms with Gasteiger partial charge in [0.2, 0.25) is 0 Å². The first-order valence-electron chi connectivity index (χ1n) is 3.32. The van der Waals surface area contributed by atoms with Crippen LogP contribution in [0.15, 0.2) is 11.0 Å². The quantitative estimate of drug-likeness (QED) is 0.444. The minimum Gasteiger partial charge on any atom is -0.228 e. The third-order valence-corrected chi connectivity index (χ3v) is 4.25. The molecule has 0 saturated heterocycles. The van der Waals surface area contributed by atoms with Crippen molar-refractivity contribution in [1.82, 2.24) is 4.98 Å². The van der Waals surface area contributed by atoms with Crippen molar-refractivity contribution in [2.75, 3.05) is 0 Å². The van der Waals surface area contributed by atoms with Crippen LogP contribution in [0.3, 0.4) is 0 Å². The van der Waals surface area contributed by atoms with Gasteiger partial charge in [-0.1, -0.05) is 11.6 Å². The van der Waals surface area contributed by atoms with Gasteiger partial charge in [0.1, 0.15) is 13.7 Å². The van der Waals surface area contributed by atoms with Gasteiger partial charge < -0.3 is 0 Å². The Balaban J connectivity index is 3.50. The van der Waals surface area contributed by atoms with Crippen LogP contribution in [-0.4, -0.2) is 13.4 Å². The van der Waals surface area contributed by atoms with E-state index in [1.54, 1.807) is 22.6 Å². The Labute approximate surface area is 107 Å². The summed E-state index contributed by atoms with van der Waals surface area (Å²) in [5, 5.41) is -0.432. The van der Waals surface area contributed by atoms with E-state index in [9.17, 15) is 17.2 Å². The molecule has 1 rings (SSSR count). The molecule has 0 radical (unpaired) electrons. The van der Waals surface area contributed by atoms with Gasteiger partial charge in [-0.2, -0.15) is 0 Å². The van der Waals surface area contributed by atoms with E-state index in [0.717, 1.165) is 6.07 Å². The second kappa shape index (κ2) is 4.64. The highest BCUT2D eigenvalue weighted by Crippen LogP contribution is 2.31. The summed E-state index contributed by atoms with van der Waals surface area (Å²) in [7, 11) is 0.936. The van der Waals surface area contributed by atoms with E-state index in [4.69, 9.17) is 22.3 Å². The summed E-state index contributed by atoms with van der Waals surface area (Å²) in [5.41, 5.74) is -0.656. The van der Waals surface area contributed by atoms with E-state index in [2.05, 4.69) is 4.98 Å². The van der Waals surface area contributed by atoms with Crippen molar-refractivity contribution < 1.29 is 17.2 Å². The summed E-state index contributed by atoms with van der Waals surface area (Å²) in [6, 6.07) is 0.726. The SMILES string of the molecule is O=S(=O)(Cl)c1cc(C(F)F)c(Cl)nc1I. The molecule has 0 aromatic carbocycles. The molecule has 9 heteroatoms. The highest BCUT2D eigenvalue weighted by molar-refractivity contribution is 14.1. The topological polar surface area (TPSA) is 47.0 Å². The minimum atomic E-state index is -4.10. The Kier molecular flexibility index (Phi) is 4.13. The summed E-state index contributed by atoms with van der Waals surface area (Å²) in [6.07, 6.45) is -2.90. The molecule has 0 N–H and O–H groups in total. The highest BCUT2D eigenvalue weighted by Gasteiger charge is 2.22. The van der Waals surface area contributed by atoms with Gasteiger partial charge in [-0.15, -0.1) is 0 Å². The van der Waals surface area contributed by atoms with Crippen molar-refractivity contribution in [3.63, 3.8) is 0 Å². The number of rotatable bonds is 2. The van der Waals surface area contributed by atoms with Crippen LogP contribution in [0, 0.1) is 3.70 Å². The smallest absolute Gasteiger partial charge is 0.228 e. The first kappa shape index (κ1) is 13.3. The monoisotopic (exact) mass is 387 g/mol. The van der Waals surface area contributed by atoms with Crippen LogP contribution in [0.4, 0.5) is 8.78 Å². The zero-order chi connectivity index (χ0) is 11.8. The third kappa shape index (κ3) is 3.11. The molecule has 1 aromatic rings. The summed E-state index contributed by atoms with van der Waals surface area (Å²) < 4.78 is 46.6. The molecule has 0 saturated carbocycles. The van der Waals surface area contributed by atoms with Gasteiger partial charge in [-0.3, -0.25) is 0 Å². The molecule has 0 unspecified atom stereocenters. The number of aromatic nitrogens is 1. The van der Waals surface area contributed by atoms with Crippen LogP contribution in [0.5, 0.6) is 0 Å². The molecule has 0 fully saturated rings. The van der Waals surface area contributed by atoms with Crippen LogP contribution in [0.2, 0.25) is 5.15 Å². The molecule has 1 heterocycles. The number of alkyl halides is 2. The summed E-state index contributed by atoms with van der Waals surface area (Å²) >= 11 is 6.96. The maximum atomic E-state index is 12.4. The van der Waals surface area contributed by atoms with Crippen LogP contribution >= 0.6 is 44.9 Å². The third-order valence-electron chi connectivity index (χ3n) is 1.42. The number of nitrogens with zero attached hydrogens (tertiary/aromatic N) is 1. The fourth-order valence-corrected chi connectivity index (χ4v) is 3.68. The second-order valence-corrected chi connectivity index (χ2v) is 6.31. The largest absolute Gasteiger partial charge is 0.266 e. The fourth-order valence-electron chi connectivity index (χ4n) is 0.790. The lowest BCUT2D eigenvalue weighted by molar-refractivity contribution is 0.150. The normalized spacial score (nSPS) is 12.1. The zero-order valence-electron chi connectivity index (χ0n) is 6.72. The van der Waals surface area contributed by atoms with Gasteiger partial charge >= 0.3 is 0 Å². The van der Waals surface area contributed by atoms with E-state index < -0.39 is 31.1 Å². The van der Waals surface area contributed by atoms with Gasteiger partial charge in [0, 0.05) is 10.7 Å². The van der Waals surface area contributed by atoms with E-state index >= 15 is 0 Å². The molecule has 0 amide bonds. The maximum Gasteiger partial charge on any atom is 0.266 e. The average Bonchev–Trinajstić information content (AvgIpc) is 2.00. The van der Waals surface area contributed by atoms with Crippen molar-refractivity contribution in [3.05, 3.63) is 20.5 Å².